The molecule has 0 aliphatic rings. The molecule has 1 aromatic heterocycles. The maximum Gasteiger partial charge on any atom is 0.405 e. The van der Waals surface area contributed by atoms with E-state index < -0.39 is 17.0 Å². The van der Waals surface area contributed by atoms with Gasteiger partial charge >= 0.3 is 11.7 Å². The molecular weight excluding hydrogens is 276 g/mol. The van der Waals surface area contributed by atoms with E-state index in [9.17, 15) is 20.1 Å². The molecule has 0 N–H and O–H groups in total. The Labute approximate surface area is 120 Å². The van der Waals surface area contributed by atoms with Crippen LogP contribution in [0.4, 0.5) is 5.69 Å². The Kier molecular flexibility index (Phi) is 4.13. The van der Waals surface area contributed by atoms with Gasteiger partial charge in [-0.2, -0.15) is 4.73 Å². The third-order valence-electron chi connectivity index (χ3n) is 2.87. The minimum Gasteiger partial charge on any atom is -0.618 e. The SMILES string of the molecule is C[C@H](OC(=O)c1cccc[n+]1[O-])c1cccc([N+](=O)[O-])c1. The van der Waals surface area contributed by atoms with Gasteiger partial charge < -0.3 is 9.94 Å². The van der Waals surface area contributed by atoms with E-state index in [1.165, 1.54) is 36.5 Å². The number of rotatable bonds is 4. The van der Waals surface area contributed by atoms with Crippen molar-refractivity contribution in [2.45, 2.75) is 13.0 Å². The van der Waals surface area contributed by atoms with Crippen LogP contribution in [0, 0.1) is 15.3 Å². The van der Waals surface area contributed by atoms with E-state index in [2.05, 4.69) is 0 Å². The topological polar surface area (TPSA) is 96.4 Å². The van der Waals surface area contributed by atoms with Crippen molar-refractivity contribution in [2.75, 3.05) is 0 Å². The molecule has 2 rings (SSSR count). The molecule has 0 saturated carbocycles. The highest BCUT2D eigenvalue weighted by Gasteiger charge is 2.21. The molecule has 0 bridgehead atoms. The summed E-state index contributed by atoms with van der Waals surface area (Å²) in [7, 11) is 0. The van der Waals surface area contributed by atoms with Gasteiger partial charge in [-0.1, -0.05) is 12.1 Å². The lowest BCUT2D eigenvalue weighted by atomic mass is 10.1. The molecule has 21 heavy (non-hydrogen) atoms. The summed E-state index contributed by atoms with van der Waals surface area (Å²) in [5.74, 6) is -0.787. The van der Waals surface area contributed by atoms with Crippen molar-refractivity contribution in [1.29, 1.82) is 0 Å². The number of ether oxygens (including phenoxy) is 1. The van der Waals surface area contributed by atoms with E-state index in [0.717, 1.165) is 0 Å². The maximum atomic E-state index is 11.9. The number of aromatic nitrogens is 1. The number of non-ortho nitro benzene ring substituents is 1. The summed E-state index contributed by atoms with van der Waals surface area (Å²) in [6.07, 6.45) is 0.479. The fraction of sp³-hybridized carbons (Fsp3) is 0.143. The van der Waals surface area contributed by atoms with Crippen molar-refractivity contribution in [3.8, 4) is 0 Å². The lowest BCUT2D eigenvalue weighted by molar-refractivity contribution is -0.608. The number of benzene rings is 1. The minimum absolute atomic E-state index is 0.0889. The summed E-state index contributed by atoms with van der Waals surface area (Å²) in [5, 5.41) is 22.2. The molecule has 2 aromatic rings. The number of nitro benzene ring substituents is 1. The normalized spacial score (nSPS) is 11.7. The Hall–Kier alpha value is -2.96. The van der Waals surface area contributed by atoms with Crippen molar-refractivity contribution in [3.63, 3.8) is 0 Å². The maximum absolute atomic E-state index is 11.9. The van der Waals surface area contributed by atoms with Crippen LogP contribution in [0.5, 0.6) is 0 Å². The lowest BCUT2D eigenvalue weighted by Gasteiger charge is -2.13. The van der Waals surface area contributed by atoms with E-state index >= 15 is 0 Å². The molecule has 0 fully saturated rings. The molecule has 0 amide bonds. The molecule has 0 saturated heterocycles. The van der Waals surface area contributed by atoms with Gasteiger partial charge in [0, 0.05) is 24.3 Å². The Bertz CT molecular complexity index is 687. The number of carbonyl (C=O) groups is 1. The number of nitrogens with zero attached hydrogens (tertiary/aromatic N) is 2. The van der Waals surface area contributed by atoms with E-state index in [4.69, 9.17) is 4.74 Å². The van der Waals surface area contributed by atoms with Crippen molar-refractivity contribution in [3.05, 3.63) is 75.2 Å². The highest BCUT2D eigenvalue weighted by molar-refractivity contribution is 5.85. The van der Waals surface area contributed by atoms with Gasteiger partial charge in [-0.15, -0.1) is 0 Å². The third kappa shape index (κ3) is 3.33. The first kappa shape index (κ1) is 14.4. The first-order valence-corrected chi connectivity index (χ1v) is 6.12. The van der Waals surface area contributed by atoms with Crippen molar-refractivity contribution >= 4 is 11.7 Å². The average molecular weight is 288 g/mol. The summed E-state index contributed by atoms with van der Waals surface area (Å²) < 4.78 is 5.56. The molecular formula is C14H12N2O5. The fourth-order valence-electron chi connectivity index (χ4n) is 1.77. The number of carbonyl (C=O) groups excluding carboxylic acids is 1. The monoisotopic (exact) mass is 288 g/mol. The summed E-state index contributed by atoms with van der Waals surface area (Å²) in [5.41, 5.74) is 0.245. The molecule has 1 aromatic carbocycles. The summed E-state index contributed by atoms with van der Waals surface area (Å²) in [4.78, 5) is 22.1. The van der Waals surface area contributed by atoms with Crippen LogP contribution in [-0.2, 0) is 4.74 Å². The highest BCUT2D eigenvalue weighted by Crippen LogP contribution is 2.22. The molecule has 1 heterocycles. The lowest BCUT2D eigenvalue weighted by Crippen LogP contribution is -2.34. The molecule has 7 heteroatoms. The van der Waals surface area contributed by atoms with Crippen LogP contribution in [0.25, 0.3) is 0 Å². The van der Waals surface area contributed by atoms with Crippen molar-refractivity contribution in [1.82, 2.24) is 0 Å². The molecule has 7 nitrogen and oxygen atoms in total. The van der Waals surface area contributed by atoms with Gasteiger partial charge in [0.05, 0.1) is 4.92 Å². The Morgan fingerprint density at radius 3 is 2.71 bits per heavy atom. The first-order valence-electron chi connectivity index (χ1n) is 6.12. The Balaban J connectivity index is 2.16. The zero-order chi connectivity index (χ0) is 15.4. The van der Waals surface area contributed by atoms with E-state index in [-0.39, 0.29) is 11.4 Å². The van der Waals surface area contributed by atoms with Gasteiger partial charge in [0.15, 0.2) is 6.20 Å². The third-order valence-corrected chi connectivity index (χ3v) is 2.87. The van der Waals surface area contributed by atoms with Crippen LogP contribution in [0.2, 0.25) is 0 Å². The zero-order valence-electron chi connectivity index (χ0n) is 11.1. The largest absolute Gasteiger partial charge is 0.618 e. The number of esters is 1. The smallest absolute Gasteiger partial charge is 0.405 e. The van der Waals surface area contributed by atoms with Crippen LogP contribution in [-0.4, -0.2) is 10.9 Å². The second kappa shape index (κ2) is 6.00. The zero-order valence-corrected chi connectivity index (χ0v) is 11.1. The standard InChI is InChI=1S/C14H12N2O5/c1-10(11-5-4-6-12(9-11)16(19)20)21-14(17)13-7-2-3-8-15(13)18/h2-10H,1H3/t10-/m0/s1. The number of pyridine rings is 1. The van der Waals surface area contributed by atoms with Gasteiger partial charge in [-0.25, -0.2) is 4.79 Å². The van der Waals surface area contributed by atoms with Crippen LogP contribution >= 0.6 is 0 Å². The van der Waals surface area contributed by atoms with E-state index in [1.54, 1.807) is 19.1 Å². The van der Waals surface area contributed by atoms with Gasteiger partial charge in [0.2, 0.25) is 0 Å². The molecule has 0 aliphatic carbocycles. The number of hydrogen-bond donors (Lipinski definition) is 0. The highest BCUT2D eigenvalue weighted by atomic mass is 16.6. The quantitative estimate of drug-likeness (QED) is 0.282. The molecule has 0 radical (unpaired) electrons. The van der Waals surface area contributed by atoms with E-state index in [1.807, 2.05) is 0 Å². The van der Waals surface area contributed by atoms with Gasteiger partial charge in [-0.05, 0) is 18.6 Å². The second-order valence-electron chi connectivity index (χ2n) is 4.31. The first-order chi connectivity index (χ1) is 9.99. The summed E-state index contributed by atoms with van der Waals surface area (Å²) >= 11 is 0. The molecule has 0 unspecified atom stereocenters. The van der Waals surface area contributed by atoms with Gasteiger partial charge in [0.25, 0.3) is 5.69 Å². The van der Waals surface area contributed by atoms with Crippen LogP contribution in [0.15, 0.2) is 48.7 Å². The van der Waals surface area contributed by atoms with Crippen LogP contribution < -0.4 is 4.73 Å². The predicted molar refractivity (Wildman–Crippen MR) is 72.3 cm³/mol. The molecule has 108 valence electrons. The Morgan fingerprint density at radius 1 is 1.29 bits per heavy atom. The summed E-state index contributed by atoms with van der Waals surface area (Å²) in [6, 6.07) is 10.2. The molecule has 1 atom stereocenters. The van der Waals surface area contributed by atoms with E-state index in [0.29, 0.717) is 10.3 Å². The molecule has 0 aliphatic heterocycles. The average Bonchev–Trinajstić information content (AvgIpc) is 2.47. The van der Waals surface area contributed by atoms with Gasteiger partial charge in [-0.3, -0.25) is 10.1 Å². The van der Waals surface area contributed by atoms with Crippen molar-refractivity contribution < 1.29 is 19.2 Å². The van der Waals surface area contributed by atoms with Crippen LogP contribution in [0.3, 0.4) is 0 Å². The fourth-order valence-corrected chi connectivity index (χ4v) is 1.77. The molecule has 0 spiro atoms. The predicted octanol–water partition coefficient (Wildman–Crippen LogP) is 2.15. The Morgan fingerprint density at radius 2 is 2.05 bits per heavy atom. The van der Waals surface area contributed by atoms with Crippen LogP contribution in [0.1, 0.15) is 29.1 Å². The number of nitro groups is 1. The minimum atomic E-state index is -0.787. The number of hydrogen-bond acceptors (Lipinski definition) is 5. The second-order valence-corrected chi connectivity index (χ2v) is 4.31. The van der Waals surface area contributed by atoms with Gasteiger partial charge in [0.1, 0.15) is 6.10 Å². The summed E-state index contributed by atoms with van der Waals surface area (Å²) in [6.45, 7) is 1.58. The van der Waals surface area contributed by atoms with Crippen molar-refractivity contribution in [2.24, 2.45) is 0 Å².